The van der Waals surface area contributed by atoms with Crippen LogP contribution in [0.25, 0.3) is 0 Å². The van der Waals surface area contributed by atoms with E-state index in [9.17, 15) is 45.6 Å². The van der Waals surface area contributed by atoms with Crippen molar-refractivity contribution in [2.45, 2.75) is 280 Å². The van der Waals surface area contributed by atoms with Crippen molar-refractivity contribution in [3.05, 3.63) is 24.3 Å². The highest BCUT2D eigenvalue weighted by Gasteiger charge is 2.51. The number of carbonyl (C=O) groups is 1. The van der Waals surface area contributed by atoms with Crippen molar-refractivity contribution < 1.29 is 64.6 Å². The molecule has 12 atom stereocenters. The highest BCUT2D eigenvalue weighted by Crippen LogP contribution is 2.30. The molecule has 0 saturated carbocycles. The third kappa shape index (κ3) is 25.9. The lowest BCUT2D eigenvalue weighted by Crippen LogP contribution is -2.65. The van der Waals surface area contributed by atoms with Crippen LogP contribution in [0.5, 0.6) is 0 Å². The van der Waals surface area contributed by atoms with Crippen LogP contribution >= 0.6 is 0 Å². The van der Waals surface area contributed by atoms with Crippen molar-refractivity contribution in [2.24, 2.45) is 0 Å². The van der Waals surface area contributed by atoms with Crippen LogP contribution in [0.1, 0.15) is 206 Å². The number of hydrogen-bond acceptors (Lipinski definition) is 13. The molecule has 2 fully saturated rings. The number of aliphatic hydroxyl groups excluding tert-OH is 8. The minimum absolute atomic E-state index is 0.262. The van der Waals surface area contributed by atoms with Crippen molar-refractivity contribution in [3.63, 3.8) is 0 Å². The summed E-state index contributed by atoms with van der Waals surface area (Å²) < 4.78 is 22.6. The van der Waals surface area contributed by atoms with Crippen LogP contribution in [-0.4, -0.2) is 140 Å². The highest BCUT2D eigenvalue weighted by atomic mass is 16.7. The van der Waals surface area contributed by atoms with Gasteiger partial charge >= 0.3 is 0 Å². The maximum atomic E-state index is 12.9. The Morgan fingerprint density at radius 1 is 0.530 bits per heavy atom. The van der Waals surface area contributed by atoms with E-state index in [0.29, 0.717) is 12.8 Å². The van der Waals surface area contributed by atoms with Gasteiger partial charge < -0.3 is 65.1 Å². The summed E-state index contributed by atoms with van der Waals surface area (Å²) >= 11 is 0. The fourth-order valence-corrected chi connectivity index (χ4v) is 8.78. The van der Waals surface area contributed by atoms with Crippen LogP contribution in [0.15, 0.2) is 24.3 Å². The molecule has 0 aliphatic carbocycles. The molecule has 66 heavy (non-hydrogen) atoms. The summed E-state index contributed by atoms with van der Waals surface area (Å²) in [5.41, 5.74) is 0. The first-order valence-corrected chi connectivity index (χ1v) is 26.6. The number of rotatable bonds is 41. The summed E-state index contributed by atoms with van der Waals surface area (Å²) in [5, 5.41) is 86.3. The van der Waals surface area contributed by atoms with E-state index in [4.69, 9.17) is 18.9 Å². The Kier molecular flexibility index (Phi) is 36.0. The van der Waals surface area contributed by atoms with Crippen molar-refractivity contribution in [2.75, 3.05) is 19.8 Å². The van der Waals surface area contributed by atoms with E-state index in [0.717, 1.165) is 38.5 Å². The van der Waals surface area contributed by atoms with E-state index in [1.165, 1.54) is 135 Å². The maximum absolute atomic E-state index is 12.9. The van der Waals surface area contributed by atoms with Gasteiger partial charge in [-0.15, -0.1) is 0 Å². The van der Waals surface area contributed by atoms with Crippen molar-refractivity contribution in [1.29, 1.82) is 0 Å². The topological polar surface area (TPSA) is 228 Å². The Balaban J connectivity index is 1.68. The molecular weight excluding hydrogens is 847 g/mol. The molecule has 14 nitrogen and oxygen atoms in total. The van der Waals surface area contributed by atoms with E-state index in [2.05, 4.69) is 31.3 Å². The van der Waals surface area contributed by atoms with Gasteiger partial charge in [-0.05, 0) is 32.1 Å². The summed E-state index contributed by atoms with van der Waals surface area (Å²) in [7, 11) is 0. The first-order valence-electron chi connectivity index (χ1n) is 26.6. The molecule has 0 aromatic heterocycles. The molecule has 0 bridgehead atoms. The van der Waals surface area contributed by atoms with Gasteiger partial charge in [-0.2, -0.15) is 0 Å². The average Bonchev–Trinajstić information content (AvgIpc) is 3.31. The molecule has 2 rings (SSSR count). The number of hydrogen-bond donors (Lipinski definition) is 9. The van der Waals surface area contributed by atoms with Crippen LogP contribution in [0, 0.1) is 0 Å². The quantitative estimate of drug-likeness (QED) is 0.0216. The predicted molar refractivity (Wildman–Crippen MR) is 258 cm³/mol. The molecule has 12 unspecified atom stereocenters. The van der Waals surface area contributed by atoms with Gasteiger partial charge in [0.05, 0.1) is 32.0 Å². The Bertz CT molecular complexity index is 1210. The number of aliphatic hydroxyl groups is 8. The average molecular weight is 944 g/mol. The lowest BCUT2D eigenvalue weighted by atomic mass is 9.97. The molecule has 2 aliphatic heterocycles. The van der Waals surface area contributed by atoms with Crippen LogP contribution in [0.4, 0.5) is 0 Å². The summed E-state index contributed by atoms with van der Waals surface area (Å²) in [4.78, 5) is 12.9. The van der Waals surface area contributed by atoms with E-state index < -0.39 is 86.8 Å². The van der Waals surface area contributed by atoms with Gasteiger partial charge in [-0.3, -0.25) is 4.79 Å². The standard InChI is InChI=1S/C52H97NO13/c1-3-5-7-9-10-11-12-13-14-15-16-17-18-19-20-21-22-23-24-25-26-27-28-29-30-32-33-35-41(56)40(53-44(57)36-34-31-8-6-4-2)39-63-51-49(62)47(60)50(43(38-55)65-51)66-52-48(61)46(59)45(58)42(37-54)64-52/h28-29,33,35,40-43,45-52,54-56,58-62H,3-27,30-32,34,36-39H2,1-2H3,(H,53,57)/b29-28+,35-33+. The number of ether oxygens (including phenoxy) is 4. The van der Waals surface area contributed by atoms with Crippen LogP contribution < -0.4 is 5.32 Å². The number of allylic oxidation sites excluding steroid dienone is 3. The monoisotopic (exact) mass is 944 g/mol. The van der Waals surface area contributed by atoms with Crippen molar-refractivity contribution in [3.8, 4) is 0 Å². The first-order chi connectivity index (χ1) is 32.1. The second-order valence-electron chi connectivity index (χ2n) is 19.0. The van der Waals surface area contributed by atoms with Gasteiger partial charge in [0.15, 0.2) is 12.6 Å². The number of nitrogens with one attached hydrogen (secondary N) is 1. The van der Waals surface area contributed by atoms with Gasteiger partial charge in [0.25, 0.3) is 0 Å². The molecule has 14 heteroatoms. The fraction of sp³-hybridized carbons (Fsp3) is 0.904. The summed E-state index contributed by atoms with van der Waals surface area (Å²) in [6.07, 6.45) is 27.4. The molecule has 2 heterocycles. The Hall–Kier alpha value is -1.53. The van der Waals surface area contributed by atoms with Crippen molar-refractivity contribution >= 4 is 5.91 Å². The van der Waals surface area contributed by atoms with Crippen LogP contribution in [-0.2, 0) is 23.7 Å². The van der Waals surface area contributed by atoms with Crippen LogP contribution in [0.2, 0.25) is 0 Å². The second-order valence-corrected chi connectivity index (χ2v) is 19.0. The molecule has 2 aliphatic rings. The molecule has 388 valence electrons. The van der Waals surface area contributed by atoms with Crippen molar-refractivity contribution in [1.82, 2.24) is 5.32 Å². The molecule has 2 saturated heterocycles. The minimum atomic E-state index is -1.79. The van der Waals surface area contributed by atoms with E-state index in [-0.39, 0.29) is 18.9 Å². The Morgan fingerprint density at radius 2 is 0.970 bits per heavy atom. The lowest BCUT2D eigenvalue weighted by Gasteiger charge is -2.46. The fourth-order valence-electron chi connectivity index (χ4n) is 8.78. The third-order valence-corrected chi connectivity index (χ3v) is 13.1. The molecule has 0 radical (unpaired) electrons. The molecule has 0 aromatic carbocycles. The SMILES string of the molecule is CCCCCCCCCCCCCCCCCCCCCCC/C=C/CC/C=C/C(O)C(COC1OC(CO)C(OC2OC(CO)C(O)C(O)C2O)C(O)C1O)NC(=O)CCCCCCC. The Morgan fingerprint density at radius 3 is 1.48 bits per heavy atom. The highest BCUT2D eigenvalue weighted by molar-refractivity contribution is 5.76. The van der Waals surface area contributed by atoms with Gasteiger partial charge in [0.2, 0.25) is 5.91 Å². The molecular formula is C52H97NO13. The maximum Gasteiger partial charge on any atom is 0.220 e. The predicted octanol–water partition coefficient (Wildman–Crippen LogP) is 7.33. The summed E-state index contributed by atoms with van der Waals surface area (Å²) in [5.74, 6) is -0.262. The van der Waals surface area contributed by atoms with Gasteiger partial charge in [0.1, 0.15) is 48.8 Å². The zero-order valence-electron chi connectivity index (χ0n) is 41.2. The van der Waals surface area contributed by atoms with Gasteiger partial charge in [-0.1, -0.05) is 192 Å². The largest absolute Gasteiger partial charge is 0.394 e. The summed E-state index contributed by atoms with van der Waals surface area (Å²) in [6, 6.07) is -0.924. The molecule has 0 spiro atoms. The second kappa shape index (κ2) is 39.2. The van der Waals surface area contributed by atoms with E-state index in [1.807, 2.05) is 6.08 Å². The zero-order valence-corrected chi connectivity index (χ0v) is 41.2. The van der Waals surface area contributed by atoms with E-state index in [1.54, 1.807) is 6.08 Å². The summed E-state index contributed by atoms with van der Waals surface area (Å²) in [6.45, 7) is 2.67. The Labute approximate surface area is 398 Å². The smallest absolute Gasteiger partial charge is 0.220 e. The lowest BCUT2D eigenvalue weighted by molar-refractivity contribution is -0.359. The van der Waals surface area contributed by atoms with Crippen LogP contribution in [0.3, 0.4) is 0 Å². The minimum Gasteiger partial charge on any atom is -0.394 e. The van der Waals surface area contributed by atoms with Gasteiger partial charge in [0, 0.05) is 6.42 Å². The third-order valence-electron chi connectivity index (χ3n) is 13.1. The first kappa shape index (κ1) is 60.6. The zero-order chi connectivity index (χ0) is 48.2. The number of unbranched alkanes of at least 4 members (excludes halogenated alkanes) is 26. The molecule has 1 amide bonds. The molecule has 0 aromatic rings. The normalized spacial score (nSPS) is 26.9. The number of amides is 1. The van der Waals surface area contributed by atoms with E-state index >= 15 is 0 Å². The number of carbonyl (C=O) groups excluding carboxylic acids is 1. The molecule has 9 N–H and O–H groups in total. The van der Waals surface area contributed by atoms with Gasteiger partial charge in [-0.25, -0.2) is 0 Å².